The Balaban J connectivity index is 1.63. The highest BCUT2D eigenvalue weighted by Crippen LogP contribution is 2.26. The summed E-state index contributed by atoms with van der Waals surface area (Å²) in [4.78, 5) is 30.0. The van der Waals surface area contributed by atoms with Gasteiger partial charge >= 0.3 is 5.97 Å². The van der Waals surface area contributed by atoms with Crippen molar-refractivity contribution < 1.29 is 22.7 Å². The predicted molar refractivity (Wildman–Crippen MR) is 104 cm³/mol. The van der Waals surface area contributed by atoms with Crippen LogP contribution in [0.15, 0.2) is 34.5 Å². The van der Waals surface area contributed by atoms with Gasteiger partial charge in [-0.3, -0.25) is 4.79 Å². The lowest BCUT2D eigenvalue weighted by molar-refractivity contribution is -0.153. The summed E-state index contributed by atoms with van der Waals surface area (Å²) in [5.41, 5.74) is 1.40. The number of thiazole rings is 1. The van der Waals surface area contributed by atoms with Crippen molar-refractivity contribution in [3.63, 3.8) is 0 Å². The molecule has 3 rings (SSSR count). The second kappa shape index (κ2) is 7.99. The Morgan fingerprint density at radius 2 is 2.00 bits per heavy atom. The summed E-state index contributed by atoms with van der Waals surface area (Å²) >= 11 is 2.91. The molecule has 0 aliphatic carbocycles. The van der Waals surface area contributed by atoms with Crippen molar-refractivity contribution in [1.82, 2.24) is 9.88 Å². The first-order valence-corrected chi connectivity index (χ1v) is 11.9. The van der Waals surface area contributed by atoms with Gasteiger partial charge in [0.2, 0.25) is 5.91 Å². The maximum atomic E-state index is 12.2. The van der Waals surface area contributed by atoms with Crippen LogP contribution < -0.4 is 0 Å². The number of thioether (sulfide) groups is 1. The van der Waals surface area contributed by atoms with Gasteiger partial charge in [-0.1, -0.05) is 12.1 Å². The summed E-state index contributed by atoms with van der Waals surface area (Å²) in [7, 11) is -3.24. The van der Waals surface area contributed by atoms with Crippen LogP contribution in [0.1, 0.15) is 12.6 Å². The van der Waals surface area contributed by atoms with Crippen LogP contribution in [0, 0.1) is 0 Å². The smallest absolute Gasteiger partial charge is 0.330 e. The molecule has 2 aromatic rings. The van der Waals surface area contributed by atoms with Crippen molar-refractivity contribution in [3.8, 4) is 10.6 Å². The Bertz CT molecular complexity index is 953. The SMILES string of the molecule is CC(=O)N1CSC[C@H]1C(=O)OCc1csc(-c2ccc(S(C)(=O)=O)cc2)n1. The van der Waals surface area contributed by atoms with Gasteiger partial charge in [0.25, 0.3) is 0 Å². The quantitative estimate of drug-likeness (QED) is 0.677. The van der Waals surface area contributed by atoms with E-state index in [9.17, 15) is 18.0 Å². The van der Waals surface area contributed by atoms with E-state index in [2.05, 4.69) is 4.98 Å². The first kappa shape index (κ1) is 19.8. The number of nitrogens with zero attached hydrogens (tertiary/aromatic N) is 2. The maximum Gasteiger partial charge on any atom is 0.330 e. The zero-order valence-corrected chi connectivity index (χ0v) is 17.2. The average molecular weight is 427 g/mol. The van der Waals surface area contributed by atoms with Crippen LogP contribution in [0.4, 0.5) is 0 Å². The van der Waals surface area contributed by atoms with Gasteiger partial charge in [-0.15, -0.1) is 23.1 Å². The maximum absolute atomic E-state index is 12.2. The zero-order chi connectivity index (χ0) is 19.6. The van der Waals surface area contributed by atoms with E-state index in [1.165, 1.54) is 34.9 Å². The molecule has 0 unspecified atom stereocenters. The van der Waals surface area contributed by atoms with Crippen molar-refractivity contribution in [1.29, 1.82) is 0 Å². The molecule has 1 saturated heterocycles. The largest absolute Gasteiger partial charge is 0.458 e. The third-order valence-corrected chi connectivity index (χ3v) is 7.08. The molecular weight excluding hydrogens is 408 g/mol. The molecule has 0 saturated carbocycles. The Kier molecular flexibility index (Phi) is 5.87. The van der Waals surface area contributed by atoms with Crippen LogP contribution in [-0.2, 0) is 30.8 Å². The molecular formula is C17H18N2O5S3. The summed E-state index contributed by atoms with van der Waals surface area (Å²) in [6, 6.07) is 5.94. The Hall–Kier alpha value is -1.91. The lowest BCUT2D eigenvalue weighted by Gasteiger charge is -2.20. The molecule has 0 N–H and O–H groups in total. The van der Waals surface area contributed by atoms with Crippen LogP contribution in [0.3, 0.4) is 0 Å². The van der Waals surface area contributed by atoms with E-state index < -0.39 is 21.8 Å². The number of amides is 1. The molecule has 1 aliphatic heterocycles. The van der Waals surface area contributed by atoms with E-state index in [-0.39, 0.29) is 17.4 Å². The lowest BCUT2D eigenvalue weighted by Crippen LogP contribution is -2.41. The number of aromatic nitrogens is 1. The molecule has 10 heteroatoms. The van der Waals surface area contributed by atoms with Crippen molar-refractivity contribution in [2.24, 2.45) is 0 Å². The van der Waals surface area contributed by atoms with Gasteiger partial charge < -0.3 is 9.64 Å². The number of carbonyl (C=O) groups is 2. The number of benzene rings is 1. The van der Waals surface area contributed by atoms with Crippen LogP contribution in [-0.4, -0.2) is 54.1 Å². The standard InChI is InChI=1S/C17H18N2O5S3/c1-11(20)19-10-25-9-15(19)17(21)24-7-13-8-26-16(18-13)12-3-5-14(6-4-12)27(2,22)23/h3-6,8,15H,7,9-10H2,1-2H3/t15-/m0/s1. The third-order valence-electron chi connectivity index (χ3n) is 4.00. The van der Waals surface area contributed by atoms with Gasteiger partial charge in [0.05, 0.1) is 16.5 Å². The molecule has 1 aromatic carbocycles. The molecule has 0 bridgehead atoms. The van der Waals surface area contributed by atoms with Gasteiger partial charge in [0.15, 0.2) is 9.84 Å². The molecule has 0 spiro atoms. The van der Waals surface area contributed by atoms with Crippen LogP contribution >= 0.6 is 23.1 Å². The topological polar surface area (TPSA) is 93.6 Å². The van der Waals surface area contributed by atoms with E-state index in [0.717, 1.165) is 11.8 Å². The Labute approximate surface area is 165 Å². The van der Waals surface area contributed by atoms with Gasteiger partial charge in [-0.25, -0.2) is 18.2 Å². The number of sulfone groups is 1. The van der Waals surface area contributed by atoms with Gasteiger partial charge in [-0.05, 0) is 12.1 Å². The second-order valence-corrected chi connectivity index (χ2v) is 9.93. The molecule has 1 aromatic heterocycles. The molecule has 7 nitrogen and oxygen atoms in total. The number of hydrogen-bond acceptors (Lipinski definition) is 8. The molecule has 1 aliphatic rings. The van der Waals surface area contributed by atoms with Crippen molar-refractivity contribution >= 4 is 44.8 Å². The molecule has 0 radical (unpaired) electrons. The lowest BCUT2D eigenvalue weighted by atomic mass is 10.2. The fourth-order valence-corrected chi connectivity index (χ4v) is 5.18. The number of hydrogen-bond donors (Lipinski definition) is 0. The third kappa shape index (κ3) is 4.69. The number of carbonyl (C=O) groups excluding carboxylic acids is 2. The first-order chi connectivity index (χ1) is 12.8. The van der Waals surface area contributed by atoms with E-state index in [1.807, 2.05) is 0 Å². The monoisotopic (exact) mass is 426 g/mol. The predicted octanol–water partition coefficient (Wildman–Crippen LogP) is 2.18. The Morgan fingerprint density at radius 3 is 2.63 bits per heavy atom. The van der Waals surface area contributed by atoms with Crippen molar-refractivity contribution in [2.75, 3.05) is 17.9 Å². The summed E-state index contributed by atoms with van der Waals surface area (Å²) in [6.45, 7) is 1.47. The number of esters is 1. The first-order valence-electron chi connectivity index (χ1n) is 8.02. The van der Waals surface area contributed by atoms with E-state index in [0.29, 0.717) is 22.3 Å². The van der Waals surface area contributed by atoms with Crippen LogP contribution in [0.25, 0.3) is 10.6 Å². The molecule has 27 heavy (non-hydrogen) atoms. The summed E-state index contributed by atoms with van der Waals surface area (Å²) in [6.07, 6.45) is 1.16. The highest BCUT2D eigenvalue weighted by molar-refractivity contribution is 7.99. The molecule has 1 atom stereocenters. The van der Waals surface area contributed by atoms with E-state index >= 15 is 0 Å². The summed E-state index contributed by atoms with van der Waals surface area (Å²) < 4.78 is 28.4. The fourth-order valence-electron chi connectivity index (χ4n) is 2.54. The second-order valence-electron chi connectivity index (χ2n) is 6.05. The minimum absolute atomic E-state index is 0.0314. The molecule has 1 fully saturated rings. The van der Waals surface area contributed by atoms with E-state index in [1.54, 1.807) is 29.6 Å². The van der Waals surface area contributed by atoms with Crippen molar-refractivity contribution in [2.45, 2.75) is 24.5 Å². The van der Waals surface area contributed by atoms with Crippen LogP contribution in [0.2, 0.25) is 0 Å². The minimum atomic E-state index is -3.24. The number of rotatable bonds is 5. The summed E-state index contributed by atoms with van der Waals surface area (Å²) in [5, 5.41) is 2.50. The molecule has 2 heterocycles. The summed E-state index contributed by atoms with van der Waals surface area (Å²) in [5.74, 6) is 0.463. The van der Waals surface area contributed by atoms with Gasteiger partial charge in [0.1, 0.15) is 17.7 Å². The zero-order valence-electron chi connectivity index (χ0n) is 14.7. The number of ether oxygens (including phenoxy) is 1. The van der Waals surface area contributed by atoms with Crippen LogP contribution in [0.5, 0.6) is 0 Å². The Morgan fingerprint density at radius 1 is 1.30 bits per heavy atom. The fraction of sp³-hybridized carbons (Fsp3) is 0.353. The van der Waals surface area contributed by atoms with Gasteiger partial charge in [0, 0.05) is 29.9 Å². The van der Waals surface area contributed by atoms with E-state index in [4.69, 9.17) is 4.74 Å². The highest BCUT2D eigenvalue weighted by atomic mass is 32.2. The minimum Gasteiger partial charge on any atom is -0.458 e. The normalized spacial score (nSPS) is 17.1. The molecule has 1 amide bonds. The average Bonchev–Trinajstić information content (AvgIpc) is 3.28. The van der Waals surface area contributed by atoms with Crippen molar-refractivity contribution in [3.05, 3.63) is 35.3 Å². The van der Waals surface area contributed by atoms with Gasteiger partial charge in [-0.2, -0.15) is 0 Å². The molecule has 144 valence electrons. The highest BCUT2D eigenvalue weighted by Gasteiger charge is 2.34.